The molecule has 0 aliphatic heterocycles. The lowest BCUT2D eigenvalue weighted by molar-refractivity contribution is 0.0930. The van der Waals surface area contributed by atoms with Crippen molar-refractivity contribution in [1.82, 2.24) is 5.32 Å². The summed E-state index contributed by atoms with van der Waals surface area (Å²) in [6, 6.07) is 9.68. The maximum atomic E-state index is 11.9. The Morgan fingerprint density at radius 2 is 1.88 bits per heavy atom. The van der Waals surface area contributed by atoms with Gasteiger partial charge in [0, 0.05) is 16.4 Å². The summed E-state index contributed by atoms with van der Waals surface area (Å²) in [5.41, 5.74) is 0.743. The number of halogens is 1. The Morgan fingerprint density at radius 3 is 2.56 bits per heavy atom. The van der Waals surface area contributed by atoms with Crippen LogP contribution in [0.2, 0.25) is 0 Å². The Bertz CT molecular complexity index is 352. The zero-order valence-corrected chi connectivity index (χ0v) is 10.7. The van der Waals surface area contributed by atoms with Crippen molar-refractivity contribution in [3.05, 3.63) is 35.9 Å². The molecule has 1 aliphatic rings. The molecule has 0 radical (unpaired) electrons. The minimum Gasteiger partial charge on any atom is -0.348 e. The highest BCUT2D eigenvalue weighted by Gasteiger charge is 2.24. The second kappa shape index (κ2) is 5.48. The van der Waals surface area contributed by atoms with Gasteiger partial charge in [-0.15, -0.1) is 0 Å². The van der Waals surface area contributed by atoms with E-state index in [0.717, 1.165) is 18.4 Å². The lowest BCUT2D eigenvalue weighted by Gasteiger charge is -2.28. The number of nitrogens with one attached hydrogen (secondary N) is 1. The molecule has 1 N–H and O–H groups in total. The Hall–Kier alpha value is -0.830. The van der Waals surface area contributed by atoms with Crippen LogP contribution in [-0.4, -0.2) is 16.8 Å². The summed E-state index contributed by atoms with van der Waals surface area (Å²) in [7, 11) is 0. The molecule has 1 fully saturated rings. The highest BCUT2D eigenvalue weighted by atomic mass is 79.9. The van der Waals surface area contributed by atoms with Gasteiger partial charge < -0.3 is 5.32 Å². The minimum atomic E-state index is 0.0388. The quantitative estimate of drug-likeness (QED) is 0.830. The number of alkyl halides is 1. The predicted octanol–water partition coefficient (Wildman–Crippen LogP) is 3.12. The Balaban J connectivity index is 1.96. The third kappa shape index (κ3) is 2.85. The van der Waals surface area contributed by atoms with Crippen molar-refractivity contribution in [3.63, 3.8) is 0 Å². The third-order valence-corrected chi connectivity index (χ3v) is 4.13. The molecule has 0 spiro atoms. The average Bonchev–Trinajstić information content (AvgIpc) is 2.33. The molecule has 0 aromatic heterocycles. The topological polar surface area (TPSA) is 29.1 Å². The molecule has 1 saturated carbocycles. The van der Waals surface area contributed by atoms with E-state index in [-0.39, 0.29) is 11.9 Å². The van der Waals surface area contributed by atoms with Crippen LogP contribution >= 0.6 is 15.9 Å². The van der Waals surface area contributed by atoms with Crippen LogP contribution < -0.4 is 5.32 Å². The van der Waals surface area contributed by atoms with Crippen molar-refractivity contribution in [3.8, 4) is 0 Å². The van der Waals surface area contributed by atoms with Gasteiger partial charge in [-0.2, -0.15) is 0 Å². The fourth-order valence-electron chi connectivity index (χ4n) is 2.09. The first-order valence-electron chi connectivity index (χ1n) is 5.77. The Morgan fingerprint density at radius 1 is 1.19 bits per heavy atom. The molecular formula is C13H16BrNO. The van der Waals surface area contributed by atoms with E-state index in [2.05, 4.69) is 21.2 Å². The predicted molar refractivity (Wildman–Crippen MR) is 68.9 cm³/mol. The van der Waals surface area contributed by atoms with Crippen LogP contribution in [0.1, 0.15) is 36.0 Å². The van der Waals surface area contributed by atoms with Gasteiger partial charge in [0.25, 0.3) is 5.91 Å². The Kier molecular flexibility index (Phi) is 3.99. The van der Waals surface area contributed by atoms with Crippen molar-refractivity contribution in [1.29, 1.82) is 0 Å². The molecule has 16 heavy (non-hydrogen) atoms. The van der Waals surface area contributed by atoms with Gasteiger partial charge >= 0.3 is 0 Å². The molecule has 86 valence electrons. The zero-order valence-electron chi connectivity index (χ0n) is 9.16. The SMILES string of the molecule is O=C(N[C@H]1CCCC[C@@H]1Br)c1ccccc1. The third-order valence-electron chi connectivity index (χ3n) is 3.03. The number of carbonyl (C=O) groups excluding carboxylic acids is 1. The number of carbonyl (C=O) groups is 1. The Labute approximate surface area is 105 Å². The second-order valence-corrected chi connectivity index (χ2v) is 5.42. The smallest absolute Gasteiger partial charge is 0.251 e. The summed E-state index contributed by atoms with van der Waals surface area (Å²) in [4.78, 5) is 12.4. The molecule has 0 saturated heterocycles. The fraction of sp³-hybridized carbons (Fsp3) is 0.462. The molecule has 2 atom stereocenters. The van der Waals surface area contributed by atoms with Crippen LogP contribution in [0.4, 0.5) is 0 Å². The summed E-state index contributed by atoms with van der Waals surface area (Å²) in [5.74, 6) is 0.0388. The molecule has 2 nitrogen and oxygen atoms in total. The molecular weight excluding hydrogens is 266 g/mol. The summed E-state index contributed by atoms with van der Waals surface area (Å²) in [6.45, 7) is 0. The number of hydrogen-bond acceptors (Lipinski definition) is 1. The van der Waals surface area contributed by atoms with E-state index in [1.54, 1.807) is 0 Å². The van der Waals surface area contributed by atoms with Gasteiger partial charge in [0.15, 0.2) is 0 Å². The minimum absolute atomic E-state index is 0.0388. The van der Waals surface area contributed by atoms with E-state index < -0.39 is 0 Å². The van der Waals surface area contributed by atoms with Crippen LogP contribution in [0.25, 0.3) is 0 Å². The molecule has 1 aromatic carbocycles. The van der Waals surface area contributed by atoms with Crippen LogP contribution in [0.5, 0.6) is 0 Å². The maximum absolute atomic E-state index is 11.9. The van der Waals surface area contributed by atoms with Crippen LogP contribution in [0.15, 0.2) is 30.3 Å². The lowest BCUT2D eigenvalue weighted by Crippen LogP contribution is -2.42. The highest BCUT2D eigenvalue weighted by molar-refractivity contribution is 9.09. The first kappa shape index (κ1) is 11.6. The summed E-state index contributed by atoms with van der Waals surface area (Å²) < 4.78 is 0. The number of amides is 1. The number of hydrogen-bond donors (Lipinski definition) is 1. The summed E-state index contributed by atoms with van der Waals surface area (Å²) >= 11 is 3.64. The molecule has 0 bridgehead atoms. The molecule has 1 amide bonds. The lowest BCUT2D eigenvalue weighted by atomic mass is 9.95. The monoisotopic (exact) mass is 281 g/mol. The molecule has 3 heteroatoms. The summed E-state index contributed by atoms with van der Waals surface area (Å²) in [5, 5.41) is 3.10. The molecule has 1 aromatic rings. The van der Waals surface area contributed by atoms with Gasteiger partial charge in [0.05, 0.1) is 0 Å². The van der Waals surface area contributed by atoms with E-state index >= 15 is 0 Å². The van der Waals surface area contributed by atoms with Crippen molar-refractivity contribution in [2.45, 2.75) is 36.6 Å². The van der Waals surface area contributed by atoms with Crippen LogP contribution in [-0.2, 0) is 0 Å². The van der Waals surface area contributed by atoms with E-state index in [4.69, 9.17) is 0 Å². The van der Waals surface area contributed by atoms with Crippen molar-refractivity contribution < 1.29 is 4.79 Å². The highest BCUT2D eigenvalue weighted by Crippen LogP contribution is 2.24. The summed E-state index contributed by atoms with van der Waals surface area (Å²) in [6.07, 6.45) is 4.70. The van der Waals surface area contributed by atoms with Gasteiger partial charge in [0.2, 0.25) is 0 Å². The molecule has 1 aliphatic carbocycles. The standard InChI is InChI=1S/C13H16BrNO/c14-11-8-4-5-9-12(11)15-13(16)10-6-2-1-3-7-10/h1-3,6-7,11-12H,4-5,8-9H2,(H,15,16)/t11-,12-/m0/s1. The fourth-order valence-corrected chi connectivity index (χ4v) is 2.81. The number of benzene rings is 1. The van der Waals surface area contributed by atoms with Crippen molar-refractivity contribution >= 4 is 21.8 Å². The van der Waals surface area contributed by atoms with Gasteiger partial charge in [-0.25, -0.2) is 0 Å². The van der Waals surface area contributed by atoms with Crippen LogP contribution in [0.3, 0.4) is 0 Å². The van der Waals surface area contributed by atoms with Crippen LogP contribution in [0, 0.1) is 0 Å². The number of rotatable bonds is 2. The van der Waals surface area contributed by atoms with E-state index in [1.165, 1.54) is 12.8 Å². The molecule has 0 unspecified atom stereocenters. The van der Waals surface area contributed by atoms with Crippen molar-refractivity contribution in [2.75, 3.05) is 0 Å². The normalized spacial score (nSPS) is 25.1. The van der Waals surface area contributed by atoms with Gasteiger partial charge in [-0.1, -0.05) is 47.0 Å². The first-order valence-corrected chi connectivity index (χ1v) is 6.69. The van der Waals surface area contributed by atoms with Gasteiger partial charge in [-0.3, -0.25) is 4.79 Å². The first-order chi connectivity index (χ1) is 7.77. The average molecular weight is 282 g/mol. The van der Waals surface area contributed by atoms with Crippen molar-refractivity contribution in [2.24, 2.45) is 0 Å². The second-order valence-electron chi connectivity index (χ2n) is 4.25. The van der Waals surface area contributed by atoms with E-state index in [1.807, 2.05) is 30.3 Å². The van der Waals surface area contributed by atoms with E-state index in [0.29, 0.717) is 4.83 Å². The largest absolute Gasteiger partial charge is 0.348 e. The maximum Gasteiger partial charge on any atom is 0.251 e. The molecule has 0 heterocycles. The van der Waals surface area contributed by atoms with E-state index in [9.17, 15) is 4.79 Å². The van der Waals surface area contributed by atoms with Gasteiger partial charge in [0.1, 0.15) is 0 Å². The zero-order chi connectivity index (χ0) is 11.4. The molecule has 2 rings (SSSR count). The van der Waals surface area contributed by atoms with Gasteiger partial charge in [-0.05, 0) is 25.0 Å².